The summed E-state index contributed by atoms with van der Waals surface area (Å²) in [5, 5.41) is 0. The van der Waals surface area contributed by atoms with Gasteiger partial charge in [-0.05, 0) is 35.6 Å². The van der Waals surface area contributed by atoms with Gasteiger partial charge in [-0.15, -0.1) is 11.6 Å². The van der Waals surface area contributed by atoms with E-state index < -0.39 is 0 Å². The summed E-state index contributed by atoms with van der Waals surface area (Å²) in [4.78, 5) is 6.66. The molecule has 0 N–H and O–H groups in total. The van der Waals surface area contributed by atoms with Crippen molar-refractivity contribution in [2.24, 2.45) is 0 Å². The van der Waals surface area contributed by atoms with Crippen molar-refractivity contribution in [2.45, 2.75) is 18.7 Å². The fraction of sp³-hybridized carbons (Fsp3) is 0.312. The van der Waals surface area contributed by atoms with E-state index in [-0.39, 0.29) is 0 Å². The average molecular weight is 273 g/mol. The highest BCUT2D eigenvalue weighted by Crippen LogP contribution is 2.24. The van der Waals surface area contributed by atoms with E-state index in [9.17, 15) is 0 Å². The number of fused-ring (bicyclic) bond motifs is 1. The predicted molar refractivity (Wildman–Crippen MR) is 79.9 cm³/mol. The number of rotatable bonds is 2. The van der Waals surface area contributed by atoms with E-state index in [1.807, 2.05) is 18.5 Å². The topological polar surface area (TPSA) is 16.1 Å². The number of benzene rings is 1. The van der Waals surface area contributed by atoms with E-state index in [2.05, 4.69) is 34.1 Å². The van der Waals surface area contributed by atoms with E-state index in [0.29, 0.717) is 5.88 Å². The van der Waals surface area contributed by atoms with Crippen molar-refractivity contribution in [3.05, 3.63) is 59.4 Å². The van der Waals surface area contributed by atoms with Crippen molar-refractivity contribution in [1.82, 2.24) is 4.98 Å². The lowest BCUT2D eigenvalue weighted by Crippen LogP contribution is -2.27. The lowest BCUT2D eigenvalue weighted by molar-refractivity contribution is 0.799. The van der Waals surface area contributed by atoms with E-state index in [1.165, 1.54) is 22.4 Å². The van der Waals surface area contributed by atoms with Crippen LogP contribution in [0.3, 0.4) is 0 Å². The minimum atomic E-state index is 0.543. The van der Waals surface area contributed by atoms with Gasteiger partial charge in [0.15, 0.2) is 0 Å². The highest BCUT2D eigenvalue weighted by molar-refractivity contribution is 6.17. The van der Waals surface area contributed by atoms with Gasteiger partial charge >= 0.3 is 0 Å². The number of halogens is 1. The van der Waals surface area contributed by atoms with E-state index in [0.717, 1.165) is 25.9 Å². The molecule has 1 aliphatic rings. The molecule has 1 aromatic heterocycles. The maximum Gasteiger partial charge on any atom is 0.0597 e. The number of anilines is 1. The molecular formula is C16H17ClN2. The molecule has 0 bridgehead atoms. The van der Waals surface area contributed by atoms with Crippen molar-refractivity contribution in [3.63, 3.8) is 0 Å². The largest absolute Gasteiger partial charge is 0.369 e. The first-order chi connectivity index (χ1) is 9.38. The Kier molecular flexibility index (Phi) is 3.69. The van der Waals surface area contributed by atoms with Gasteiger partial charge in [0, 0.05) is 25.2 Å². The van der Waals surface area contributed by atoms with Crippen LogP contribution in [0.5, 0.6) is 0 Å². The van der Waals surface area contributed by atoms with Crippen molar-refractivity contribution in [2.75, 3.05) is 18.0 Å². The van der Waals surface area contributed by atoms with Crippen LogP contribution in [0.1, 0.15) is 16.7 Å². The average Bonchev–Trinajstić information content (AvgIpc) is 2.70. The molecule has 19 heavy (non-hydrogen) atoms. The summed E-state index contributed by atoms with van der Waals surface area (Å²) in [5.74, 6) is 0.543. The zero-order chi connectivity index (χ0) is 13.1. The monoisotopic (exact) mass is 272 g/mol. The summed E-state index contributed by atoms with van der Waals surface area (Å²) in [6, 6.07) is 10.8. The van der Waals surface area contributed by atoms with Gasteiger partial charge in [-0.2, -0.15) is 0 Å². The highest BCUT2D eigenvalue weighted by atomic mass is 35.5. The van der Waals surface area contributed by atoms with Crippen LogP contribution in [0.15, 0.2) is 42.7 Å². The molecule has 1 aliphatic heterocycles. The van der Waals surface area contributed by atoms with Crippen LogP contribution in [0, 0.1) is 0 Å². The molecule has 3 heteroatoms. The number of hydrogen-bond donors (Lipinski definition) is 0. The zero-order valence-corrected chi connectivity index (χ0v) is 11.6. The summed E-state index contributed by atoms with van der Waals surface area (Å²) in [6.45, 7) is 2.07. The molecular weight excluding hydrogens is 256 g/mol. The summed E-state index contributed by atoms with van der Waals surface area (Å²) in [7, 11) is 0. The fourth-order valence-electron chi connectivity index (χ4n) is 2.72. The number of alkyl halides is 1. The number of aromatic nitrogens is 1. The van der Waals surface area contributed by atoms with Crippen LogP contribution in [-0.4, -0.2) is 18.1 Å². The Morgan fingerprint density at radius 2 is 1.74 bits per heavy atom. The van der Waals surface area contributed by atoms with Crippen LogP contribution in [0.25, 0.3) is 0 Å². The molecule has 2 nitrogen and oxygen atoms in total. The Balaban J connectivity index is 1.85. The molecule has 0 saturated carbocycles. The normalized spacial score (nSPS) is 14.9. The van der Waals surface area contributed by atoms with Gasteiger partial charge in [-0.25, -0.2) is 0 Å². The summed E-state index contributed by atoms with van der Waals surface area (Å²) < 4.78 is 0. The van der Waals surface area contributed by atoms with Gasteiger partial charge in [0.2, 0.25) is 0 Å². The van der Waals surface area contributed by atoms with Gasteiger partial charge in [0.05, 0.1) is 11.9 Å². The molecule has 0 radical (unpaired) electrons. The van der Waals surface area contributed by atoms with E-state index in [4.69, 9.17) is 11.6 Å². The molecule has 3 rings (SSSR count). The first-order valence-electron chi connectivity index (χ1n) is 6.69. The highest BCUT2D eigenvalue weighted by Gasteiger charge is 2.16. The maximum absolute atomic E-state index is 6.03. The molecule has 0 saturated heterocycles. The first-order valence-corrected chi connectivity index (χ1v) is 7.22. The Hall–Kier alpha value is -1.54. The van der Waals surface area contributed by atoms with Crippen LogP contribution in [0.4, 0.5) is 5.69 Å². The Morgan fingerprint density at radius 3 is 2.37 bits per heavy atom. The molecule has 2 aromatic rings. The third kappa shape index (κ3) is 2.59. The molecule has 1 aromatic carbocycles. The quantitative estimate of drug-likeness (QED) is 0.779. The zero-order valence-electron chi connectivity index (χ0n) is 10.8. The third-order valence-electron chi connectivity index (χ3n) is 3.79. The maximum atomic E-state index is 6.03. The Labute approximate surface area is 119 Å². The van der Waals surface area contributed by atoms with Crippen molar-refractivity contribution in [1.29, 1.82) is 0 Å². The van der Waals surface area contributed by atoms with Gasteiger partial charge in [0.25, 0.3) is 0 Å². The second-order valence-corrected chi connectivity index (χ2v) is 5.16. The molecule has 2 heterocycles. The minimum Gasteiger partial charge on any atom is -0.369 e. The van der Waals surface area contributed by atoms with Crippen LogP contribution >= 0.6 is 11.6 Å². The van der Waals surface area contributed by atoms with Crippen LogP contribution in [-0.2, 0) is 18.7 Å². The summed E-state index contributed by atoms with van der Waals surface area (Å²) in [6.07, 6.45) is 5.93. The van der Waals surface area contributed by atoms with Crippen LogP contribution < -0.4 is 4.90 Å². The van der Waals surface area contributed by atoms with Gasteiger partial charge < -0.3 is 4.90 Å². The fourth-order valence-corrected chi connectivity index (χ4v) is 2.95. The van der Waals surface area contributed by atoms with Crippen molar-refractivity contribution < 1.29 is 0 Å². The first kappa shape index (κ1) is 12.5. The SMILES string of the molecule is ClCc1ccncc1N1CCc2ccccc2CC1. The van der Waals surface area contributed by atoms with Crippen LogP contribution in [0.2, 0.25) is 0 Å². The van der Waals surface area contributed by atoms with Crippen molar-refractivity contribution >= 4 is 17.3 Å². The standard InChI is InChI=1S/C16H17ClN2/c17-11-15-5-8-18-12-16(15)19-9-6-13-3-1-2-4-14(13)7-10-19/h1-5,8,12H,6-7,9-11H2. The van der Waals surface area contributed by atoms with E-state index >= 15 is 0 Å². The molecule has 0 fully saturated rings. The molecule has 0 atom stereocenters. The lowest BCUT2D eigenvalue weighted by atomic mass is 10.0. The molecule has 0 spiro atoms. The summed E-state index contributed by atoms with van der Waals surface area (Å²) >= 11 is 6.03. The second kappa shape index (κ2) is 5.62. The van der Waals surface area contributed by atoms with Gasteiger partial charge in [-0.1, -0.05) is 24.3 Å². The Bertz CT molecular complexity index is 541. The summed E-state index contributed by atoms with van der Waals surface area (Å²) in [5.41, 5.74) is 5.30. The minimum absolute atomic E-state index is 0.543. The lowest BCUT2D eigenvalue weighted by Gasteiger charge is -2.24. The third-order valence-corrected chi connectivity index (χ3v) is 4.08. The molecule has 0 amide bonds. The number of nitrogens with zero attached hydrogens (tertiary/aromatic N) is 2. The smallest absolute Gasteiger partial charge is 0.0597 e. The number of pyridine rings is 1. The predicted octanol–water partition coefficient (Wildman–Crippen LogP) is 3.43. The van der Waals surface area contributed by atoms with E-state index in [1.54, 1.807) is 0 Å². The molecule has 98 valence electrons. The van der Waals surface area contributed by atoms with Gasteiger partial charge in [0.1, 0.15) is 0 Å². The van der Waals surface area contributed by atoms with Gasteiger partial charge in [-0.3, -0.25) is 4.98 Å². The molecule has 0 unspecified atom stereocenters. The van der Waals surface area contributed by atoms with Crippen molar-refractivity contribution in [3.8, 4) is 0 Å². The number of hydrogen-bond acceptors (Lipinski definition) is 2. The Morgan fingerprint density at radius 1 is 1.05 bits per heavy atom. The molecule has 0 aliphatic carbocycles. The second-order valence-electron chi connectivity index (χ2n) is 4.89.